The number of hydrogen-bond donors (Lipinski definition) is 1. The number of ether oxygens (including phenoxy) is 2. The van der Waals surface area contributed by atoms with Crippen molar-refractivity contribution in [2.45, 2.75) is 26.7 Å². The van der Waals surface area contributed by atoms with Gasteiger partial charge in [-0.25, -0.2) is 0 Å². The number of rotatable bonds is 5. The molecule has 3 aliphatic rings. The monoisotopic (exact) mass is 384 g/mol. The summed E-state index contributed by atoms with van der Waals surface area (Å²) in [6.45, 7) is 3.81. The molecule has 28 heavy (non-hydrogen) atoms. The normalized spacial score (nSPS) is 27.8. The average molecular weight is 384 g/mol. The van der Waals surface area contributed by atoms with Crippen LogP contribution in [0, 0.1) is 23.7 Å². The van der Waals surface area contributed by atoms with E-state index < -0.39 is 5.91 Å². The Hall–Kier alpha value is -2.83. The molecule has 2 bridgehead atoms. The lowest BCUT2D eigenvalue weighted by molar-refractivity contribution is -0.150. The van der Waals surface area contributed by atoms with Crippen LogP contribution in [0.25, 0.3) is 0 Å². The molecule has 148 valence electrons. The maximum atomic E-state index is 12.8. The Morgan fingerprint density at radius 1 is 1.04 bits per heavy atom. The Morgan fingerprint density at radius 2 is 1.57 bits per heavy atom. The van der Waals surface area contributed by atoms with E-state index in [1.807, 2.05) is 13.8 Å². The third kappa shape index (κ3) is 2.85. The van der Waals surface area contributed by atoms with Crippen LogP contribution >= 0.6 is 0 Å². The summed E-state index contributed by atoms with van der Waals surface area (Å²) in [5, 5.41) is 0.919. The summed E-state index contributed by atoms with van der Waals surface area (Å²) >= 11 is 0. The molecule has 0 spiro atoms. The number of hydrogen-bond acceptors (Lipinski definition) is 5. The van der Waals surface area contributed by atoms with E-state index in [0.717, 1.165) is 17.9 Å². The lowest BCUT2D eigenvalue weighted by Gasteiger charge is -2.19. The molecular formula is C21H24N2O5. The minimum Gasteiger partial charge on any atom is -0.497 e. The summed E-state index contributed by atoms with van der Waals surface area (Å²) in [6.07, 6.45) is 1.88. The predicted molar refractivity (Wildman–Crippen MR) is 100 cm³/mol. The maximum Gasteiger partial charge on any atom is 0.276 e. The molecule has 1 heterocycles. The second-order valence-electron chi connectivity index (χ2n) is 7.81. The Kier molecular flexibility index (Phi) is 4.61. The van der Waals surface area contributed by atoms with E-state index in [-0.39, 0.29) is 42.1 Å². The Morgan fingerprint density at radius 3 is 2.07 bits per heavy atom. The van der Waals surface area contributed by atoms with Gasteiger partial charge in [-0.1, -0.05) is 11.1 Å². The second-order valence-corrected chi connectivity index (χ2v) is 7.81. The number of nitrogens with zero attached hydrogens (tertiary/aromatic N) is 1. The van der Waals surface area contributed by atoms with Gasteiger partial charge in [-0.15, -0.1) is 0 Å². The number of methoxy groups -OCH3 is 1. The van der Waals surface area contributed by atoms with Gasteiger partial charge in [0.1, 0.15) is 11.5 Å². The lowest BCUT2D eigenvalue weighted by Crippen LogP contribution is -2.49. The highest BCUT2D eigenvalue weighted by atomic mass is 16.5. The van der Waals surface area contributed by atoms with Gasteiger partial charge >= 0.3 is 0 Å². The number of allylic oxidation sites excluding steroid dienone is 2. The standard InChI is InChI=1S/C21H24N2O5/c1-11(2)17-14-8-9-15(17)19-18(14)20(25)23(21(19)26)22-16(24)10-28-13-6-4-12(27-3)5-7-13/h4-7,14-15,18-19H,8-10H2,1-3H3,(H,22,24)/t14-,15-,18+,19+/m0/s1. The van der Waals surface area contributed by atoms with Crippen molar-refractivity contribution in [3.8, 4) is 11.5 Å². The molecule has 1 aromatic carbocycles. The van der Waals surface area contributed by atoms with Gasteiger partial charge in [-0.05, 0) is 62.8 Å². The molecule has 1 aromatic rings. The van der Waals surface area contributed by atoms with Gasteiger partial charge in [0.15, 0.2) is 6.61 Å². The minimum atomic E-state index is -0.535. The molecule has 0 unspecified atom stereocenters. The zero-order valence-electron chi connectivity index (χ0n) is 16.2. The molecule has 4 rings (SSSR count). The van der Waals surface area contributed by atoms with Crippen LogP contribution in [0.3, 0.4) is 0 Å². The summed E-state index contributed by atoms with van der Waals surface area (Å²) in [7, 11) is 1.56. The summed E-state index contributed by atoms with van der Waals surface area (Å²) in [4.78, 5) is 37.9. The van der Waals surface area contributed by atoms with Crippen molar-refractivity contribution < 1.29 is 23.9 Å². The number of fused-ring (bicyclic) bond motifs is 5. The minimum absolute atomic E-state index is 0.133. The van der Waals surface area contributed by atoms with Crippen LogP contribution in [-0.2, 0) is 14.4 Å². The number of nitrogens with one attached hydrogen (secondary N) is 1. The number of carbonyl (C=O) groups excluding carboxylic acids is 3. The molecule has 0 radical (unpaired) electrons. The molecule has 2 aliphatic carbocycles. The van der Waals surface area contributed by atoms with Crippen LogP contribution in [0.15, 0.2) is 35.4 Å². The van der Waals surface area contributed by atoms with E-state index >= 15 is 0 Å². The van der Waals surface area contributed by atoms with Crippen LogP contribution < -0.4 is 14.9 Å². The van der Waals surface area contributed by atoms with Gasteiger partial charge in [0, 0.05) is 0 Å². The first-order valence-corrected chi connectivity index (χ1v) is 9.53. The third-order valence-corrected chi connectivity index (χ3v) is 6.10. The van der Waals surface area contributed by atoms with E-state index in [1.165, 1.54) is 11.1 Å². The number of amides is 3. The molecule has 7 nitrogen and oxygen atoms in total. The van der Waals surface area contributed by atoms with Gasteiger partial charge in [-0.2, -0.15) is 5.01 Å². The molecule has 2 saturated carbocycles. The average Bonchev–Trinajstić information content (AvgIpc) is 3.33. The molecule has 1 N–H and O–H groups in total. The van der Waals surface area contributed by atoms with Crippen molar-refractivity contribution in [1.29, 1.82) is 0 Å². The topological polar surface area (TPSA) is 84.9 Å². The Balaban J connectivity index is 1.39. The number of benzene rings is 1. The highest BCUT2D eigenvalue weighted by molar-refractivity contribution is 6.07. The van der Waals surface area contributed by atoms with Crippen molar-refractivity contribution >= 4 is 17.7 Å². The van der Waals surface area contributed by atoms with Crippen molar-refractivity contribution in [3.63, 3.8) is 0 Å². The zero-order chi connectivity index (χ0) is 20.0. The van der Waals surface area contributed by atoms with E-state index in [0.29, 0.717) is 11.5 Å². The van der Waals surface area contributed by atoms with Crippen molar-refractivity contribution in [2.24, 2.45) is 23.7 Å². The molecule has 7 heteroatoms. The van der Waals surface area contributed by atoms with Crippen molar-refractivity contribution in [3.05, 3.63) is 35.4 Å². The van der Waals surface area contributed by atoms with Crippen LogP contribution in [0.4, 0.5) is 0 Å². The van der Waals surface area contributed by atoms with Gasteiger partial charge in [-0.3, -0.25) is 19.8 Å². The Labute approximate surface area is 163 Å². The molecule has 4 atom stereocenters. The zero-order valence-corrected chi connectivity index (χ0v) is 16.2. The van der Waals surface area contributed by atoms with Crippen LogP contribution in [0.5, 0.6) is 11.5 Å². The van der Waals surface area contributed by atoms with Gasteiger partial charge in [0.25, 0.3) is 17.7 Å². The molecule has 3 amide bonds. The lowest BCUT2D eigenvalue weighted by atomic mass is 9.81. The predicted octanol–water partition coefficient (Wildman–Crippen LogP) is 2.08. The van der Waals surface area contributed by atoms with Crippen molar-refractivity contribution in [1.82, 2.24) is 10.4 Å². The van der Waals surface area contributed by atoms with E-state index in [2.05, 4.69) is 5.43 Å². The molecular weight excluding hydrogens is 360 g/mol. The first-order chi connectivity index (χ1) is 13.4. The highest BCUT2D eigenvalue weighted by Crippen LogP contribution is 2.59. The fourth-order valence-electron chi connectivity index (χ4n) is 5.08. The molecule has 1 aliphatic heterocycles. The summed E-state index contributed by atoms with van der Waals surface area (Å²) < 4.78 is 10.5. The molecule has 0 aromatic heterocycles. The largest absolute Gasteiger partial charge is 0.497 e. The molecule has 1 saturated heterocycles. The quantitative estimate of drug-likeness (QED) is 0.621. The van der Waals surface area contributed by atoms with E-state index in [1.54, 1.807) is 31.4 Å². The number of carbonyl (C=O) groups is 3. The smallest absolute Gasteiger partial charge is 0.276 e. The van der Waals surface area contributed by atoms with Crippen molar-refractivity contribution in [2.75, 3.05) is 13.7 Å². The van der Waals surface area contributed by atoms with E-state index in [9.17, 15) is 14.4 Å². The van der Waals surface area contributed by atoms with Crippen LogP contribution in [-0.4, -0.2) is 36.4 Å². The first kappa shape index (κ1) is 18.5. The SMILES string of the molecule is COc1ccc(OCC(=O)NN2C(=O)[C@H]3[C@H](C2=O)[C@H]2CC[C@H]3C2=C(C)C)cc1. The maximum absolute atomic E-state index is 12.8. The summed E-state index contributed by atoms with van der Waals surface area (Å²) in [6, 6.07) is 6.81. The van der Waals surface area contributed by atoms with Crippen LogP contribution in [0.1, 0.15) is 26.7 Å². The number of imide groups is 1. The summed E-state index contributed by atoms with van der Waals surface area (Å²) in [5.41, 5.74) is 4.94. The fraction of sp³-hybridized carbons (Fsp3) is 0.476. The van der Waals surface area contributed by atoms with E-state index in [4.69, 9.17) is 9.47 Å². The highest BCUT2D eigenvalue weighted by Gasteiger charge is 2.63. The first-order valence-electron chi connectivity index (χ1n) is 9.53. The number of hydrazine groups is 1. The second kappa shape index (κ2) is 6.96. The van der Waals surface area contributed by atoms with Gasteiger partial charge in [0.2, 0.25) is 0 Å². The summed E-state index contributed by atoms with van der Waals surface area (Å²) in [5.74, 6) is -0.342. The fourth-order valence-corrected chi connectivity index (χ4v) is 5.08. The van der Waals surface area contributed by atoms with Gasteiger partial charge in [0.05, 0.1) is 18.9 Å². The third-order valence-electron chi connectivity index (χ3n) is 6.10. The van der Waals surface area contributed by atoms with Gasteiger partial charge < -0.3 is 9.47 Å². The van der Waals surface area contributed by atoms with Crippen LogP contribution in [0.2, 0.25) is 0 Å². The molecule has 3 fully saturated rings. The Bertz CT molecular complexity index is 824.